The maximum Gasteiger partial charge on any atom is 0.505 e. The molecule has 0 aromatic heterocycles. The van der Waals surface area contributed by atoms with Crippen LogP contribution in [0, 0.1) is 0 Å². The number of thiocarbonyl (C=S) groups is 1. The smallest absolute Gasteiger partial charge is 0.481 e. The Morgan fingerprint density at radius 2 is 1.31 bits per heavy atom. The summed E-state index contributed by atoms with van der Waals surface area (Å²) in [5.74, 6) is 2.00. The van der Waals surface area contributed by atoms with Crippen LogP contribution in [-0.2, 0) is 14.3 Å². The Kier molecular flexibility index (Phi) is 54.3. The molecule has 0 saturated heterocycles. The summed E-state index contributed by atoms with van der Waals surface area (Å²) in [6.07, 6.45) is -1.25. The van der Waals surface area contributed by atoms with Crippen LogP contribution >= 0.6 is 12.2 Å². The third-order valence-corrected chi connectivity index (χ3v) is 0.175. The van der Waals surface area contributed by atoms with E-state index in [0.29, 0.717) is 0 Å². The molecule has 7 heteroatoms. The van der Waals surface area contributed by atoms with E-state index in [1.165, 1.54) is 0 Å². The third-order valence-electron chi connectivity index (χ3n) is 0.175. The first-order valence-electron chi connectivity index (χ1n) is 2.55. The van der Waals surface area contributed by atoms with Crippen LogP contribution in [0.4, 0.5) is 4.79 Å². The fourth-order valence-corrected chi connectivity index (χ4v) is 0. The highest BCUT2D eigenvalue weighted by atomic mass is 32.1. The van der Waals surface area contributed by atoms with E-state index < -0.39 is 12.1 Å². The molecule has 0 rings (SSSR count). The van der Waals surface area contributed by atoms with Crippen LogP contribution in [0.25, 0.3) is 0 Å². The Balaban J connectivity index is -0.0000000457. The van der Waals surface area contributed by atoms with Gasteiger partial charge in [0.05, 0.1) is 7.11 Å². The zero-order chi connectivity index (χ0) is 11.9. The molecule has 0 aromatic rings. The molecule has 13 heavy (non-hydrogen) atoms. The topological polar surface area (TPSA) is 101 Å². The second-order valence-electron chi connectivity index (χ2n) is 0.989. The van der Waals surface area contributed by atoms with E-state index in [4.69, 9.17) is 24.6 Å². The summed E-state index contributed by atoms with van der Waals surface area (Å²) in [5.41, 5.74) is 0. The van der Waals surface area contributed by atoms with Gasteiger partial charge in [0.15, 0.2) is 0 Å². The number of methoxy groups -OCH3 is 1. The molecule has 0 amide bonds. The summed E-state index contributed by atoms with van der Waals surface area (Å²) in [6.45, 7) is 3.08. The van der Waals surface area contributed by atoms with Crippen molar-refractivity contribution in [3.8, 4) is 0 Å². The van der Waals surface area contributed by atoms with Gasteiger partial charge in [-0.3, -0.25) is 4.79 Å². The Hall–Kier alpha value is -1.50. The lowest BCUT2D eigenvalue weighted by molar-refractivity contribution is -0.134. The molecule has 0 aromatic carbocycles. The number of hydrogen-bond donors (Lipinski definition) is 2. The van der Waals surface area contributed by atoms with E-state index in [1.807, 2.05) is 6.79 Å². The fourth-order valence-electron chi connectivity index (χ4n) is 0. The van der Waals surface area contributed by atoms with E-state index in [-0.39, 0.29) is 0 Å². The van der Waals surface area contributed by atoms with Gasteiger partial charge in [-0.2, -0.15) is 0 Å². The third kappa shape index (κ3) is 3030. The second kappa shape index (κ2) is 31.3. The van der Waals surface area contributed by atoms with Gasteiger partial charge in [-0.25, -0.2) is 4.79 Å². The maximum absolute atomic E-state index is 9.15. The zero-order valence-corrected chi connectivity index (χ0v) is 8.17. The van der Waals surface area contributed by atoms with Crippen molar-refractivity contribution in [1.82, 2.24) is 0 Å². The number of aliphatic carboxylic acids is 1. The molecule has 2 N–H and O–H groups in total. The van der Waals surface area contributed by atoms with Gasteiger partial charge in [0.25, 0.3) is 5.97 Å². The molecule has 0 saturated carbocycles. The first-order chi connectivity index (χ1) is 6.00. The summed E-state index contributed by atoms with van der Waals surface area (Å²) < 4.78 is 3.67. The molecule has 0 aliphatic rings. The average Bonchev–Trinajstić information content (AvgIpc) is 2.10. The molecule has 0 radical (unpaired) electrons. The number of carbonyl (C=O) groups is 3. The van der Waals surface area contributed by atoms with Gasteiger partial charge in [0.1, 0.15) is 6.79 Å². The quantitative estimate of drug-likeness (QED) is 0.453. The molecule has 78 valence electrons. The lowest BCUT2D eigenvalue weighted by Crippen LogP contribution is -1.91. The van der Waals surface area contributed by atoms with Crippen molar-refractivity contribution in [3.63, 3.8) is 0 Å². The molecule has 0 atom stereocenters. The van der Waals surface area contributed by atoms with Gasteiger partial charge in [-0.1, -0.05) is 12.2 Å². The van der Waals surface area contributed by atoms with E-state index >= 15 is 0 Å². The van der Waals surface area contributed by atoms with E-state index in [9.17, 15) is 0 Å². The minimum Gasteiger partial charge on any atom is -0.481 e. The molecule has 0 unspecified atom stereocenters. The largest absolute Gasteiger partial charge is 0.505 e. The zero-order valence-electron chi connectivity index (χ0n) is 7.35. The van der Waals surface area contributed by atoms with E-state index in [0.717, 1.165) is 14.0 Å². The highest BCUT2D eigenvalue weighted by Crippen LogP contribution is 1.60. The molecular weight excluding hydrogens is 200 g/mol. The summed E-state index contributed by atoms with van der Waals surface area (Å²) >= 11 is 3.83. The standard InChI is InChI=1S/C2H4O3.C2H4O2.CH2O.CH2S/c1-5-2(3)4;1-2(3)4;2*1-2/h1H3,(H,3,4);1H3,(H,3,4);2*1H2. The van der Waals surface area contributed by atoms with Crippen molar-refractivity contribution in [2.75, 3.05) is 7.11 Å². The van der Waals surface area contributed by atoms with Crippen molar-refractivity contribution in [1.29, 1.82) is 0 Å². The molecule has 0 spiro atoms. The van der Waals surface area contributed by atoms with Crippen molar-refractivity contribution in [3.05, 3.63) is 0 Å². The number of ether oxygens (including phenoxy) is 1. The van der Waals surface area contributed by atoms with Gasteiger partial charge in [-0.15, -0.1) is 0 Å². The normalized spacial score (nSPS) is 5.08. The second-order valence-corrected chi connectivity index (χ2v) is 0.989. The minimum absolute atomic E-state index is 0.833. The molecule has 0 bridgehead atoms. The predicted octanol–water partition coefficient (Wildman–Crippen LogP) is 0.833. The average molecular weight is 212 g/mol. The Bertz CT molecular complexity index is 120. The van der Waals surface area contributed by atoms with E-state index in [1.54, 1.807) is 0 Å². The fraction of sp³-hybridized carbons (Fsp3) is 0.333. The predicted molar refractivity (Wildman–Crippen MR) is 50.2 cm³/mol. The van der Waals surface area contributed by atoms with Crippen LogP contribution in [-0.4, -0.2) is 42.1 Å². The first-order valence-corrected chi connectivity index (χ1v) is 3.12. The van der Waals surface area contributed by atoms with Gasteiger partial charge in [0.2, 0.25) is 0 Å². The van der Waals surface area contributed by atoms with Crippen molar-refractivity contribution in [2.45, 2.75) is 6.92 Å². The van der Waals surface area contributed by atoms with Gasteiger partial charge >= 0.3 is 6.16 Å². The van der Waals surface area contributed by atoms with Gasteiger partial charge < -0.3 is 19.7 Å². The molecule has 0 aliphatic heterocycles. The number of carboxylic acids is 1. The van der Waals surface area contributed by atoms with Crippen molar-refractivity contribution < 1.29 is 29.3 Å². The van der Waals surface area contributed by atoms with E-state index in [2.05, 4.69) is 22.8 Å². The van der Waals surface area contributed by atoms with Crippen LogP contribution in [0.2, 0.25) is 0 Å². The van der Waals surface area contributed by atoms with Crippen LogP contribution in [0.3, 0.4) is 0 Å². The van der Waals surface area contributed by atoms with Crippen LogP contribution in [0.1, 0.15) is 6.92 Å². The Labute approximate surface area is 81.1 Å². The number of carboxylic acid groups (broad SMARTS) is 2. The molecule has 0 aliphatic carbocycles. The number of carbonyl (C=O) groups excluding carboxylic acids is 1. The van der Waals surface area contributed by atoms with Crippen LogP contribution < -0.4 is 0 Å². The lowest BCUT2D eigenvalue weighted by Gasteiger charge is -1.79. The monoisotopic (exact) mass is 212 g/mol. The molecule has 0 fully saturated rings. The summed E-state index contributed by atoms with van der Waals surface area (Å²) in [5, 5.41) is 14.9. The summed E-state index contributed by atoms with van der Waals surface area (Å²) in [7, 11) is 1.10. The van der Waals surface area contributed by atoms with Gasteiger partial charge in [-0.05, 0) is 5.87 Å². The molecular formula is C6H12O6S. The highest BCUT2D eigenvalue weighted by Gasteiger charge is 1.80. The lowest BCUT2D eigenvalue weighted by atomic mass is 10.9. The van der Waals surface area contributed by atoms with Crippen LogP contribution in [0.15, 0.2) is 0 Å². The first kappa shape index (κ1) is 22.5. The van der Waals surface area contributed by atoms with Crippen LogP contribution in [0.5, 0.6) is 0 Å². The SMILES string of the molecule is C=O.C=S.CC(=O)O.COC(=O)O. The number of rotatable bonds is 0. The highest BCUT2D eigenvalue weighted by molar-refractivity contribution is 7.77. The summed E-state index contributed by atoms with van der Waals surface area (Å²) in [6, 6.07) is 0. The molecule has 0 heterocycles. The Morgan fingerprint density at radius 1 is 1.23 bits per heavy atom. The molecule has 6 nitrogen and oxygen atoms in total. The van der Waals surface area contributed by atoms with Crippen molar-refractivity contribution >= 4 is 37.0 Å². The minimum atomic E-state index is -1.25. The maximum atomic E-state index is 9.15. The Morgan fingerprint density at radius 3 is 1.31 bits per heavy atom. The van der Waals surface area contributed by atoms with Crippen molar-refractivity contribution in [2.24, 2.45) is 0 Å². The van der Waals surface area contributed by atoms with Gasteiger partial charge in [0, 0.05) is 6.92 Å². The summed E-state index contributed by atoms with van der Waals surface area (Å²) in [4.78, 5) is 26.1. The number of hydrogen-bond acceptors (Lipinski definition) is 5.